The average molecular weight is 368 g/mol. The molecule has 0 aromatic heterocycles. The maximum atomic E-state index is 6.18. The zero-order chi connectivity index (χ0) is 15.2. The van der Waals surface area contributed by atoms with Gasteiger partial charge in [-0.1, -0.05) is 45.8 Å². The summed E-state index contributed by atoms with van der Waals surface area (Å²) in [6, 6.07) is 14.8. The van der Waals surface area contributed by atoms with Crippen LogP contribution in [0, 0.1) is 12.8 Å². The zero-order valence-electron chi connectivity index (χ0n) is 12.4. The van der Waals surface area contributed by atoms with Crippen molar-refractivity contribution >= 4 is 27.5 Å². The van der Waals surface area contributed by atoms with Crippen LogP contribution in [0.1, 0.15) is 16.7 Å². The van der Waals surface area contributed by atoms with Crippen LogP contribution in [-0.2, 0) is 12.8 Å². The highest BCUT2D eigenvalue weighted by Gasteiger charge is 2.13. The van der Waals surface area contributed by atoms with Gasteiger partial charge in [0.25, 0.3) is 0 Å². The Morgan fingerprint density at radius 2 is 1.81 bits per heavy atom. The molecule has 0 aliphatic carbocycles. The van der Waals surface area contributed by atoms with Crippen LogP contribution in [0.3, 0.4) is 0 Å². The highest BCUT2D eigenvalue weighted by atomic mass is 79.9. The van der Waals surface area contributed by atoms with Gasteiger partial charge < -0.3 is 4.74 Å². The van der Waals surface area contributed by atoms with Gasteiger partial charge in [-0.3, -0.25) is 0 Å². The van der Waals surface area contributed by atoms with Gasteiger partial charge in [0.2, 0.25) is 0 Å². The topological polar surface area (TPSA) is 9.23 Å². The minimum absolute atomic E-state index is 0.401. The standard InChI is InChI=1S/C18H20BrClO/c1-13-3-5-14(6-4-13)9-15(12-20)10-16-11-17(19)7-8-18(16)21-2/h3-8,11,15H,9-10,12H2,1-2H3. The number of benzene rings is 2. The second-order valence-electron chi connectivity index (χ2n) is 5.37. The quantitative estimate of drug-likeness (QED) is 0.621. The van der Waals surface area contributed by atoms with Crippen molar-refractivity contribution in [1.29, 1.82) is 0 Å². The van der Waals surface area contributed by atoms with Crippen LogP contribution in [0.25, 0.3) is 0 Å². The molecule has 0 aliphatic rings. The lowest BCUT2D eigenvalue weighted by molar-refractivity contribution is 0.405. The molecule has 0 saturated heterocycles. The number of hydrogen-bond donors (Lipinski definition) is 0. The Balaban J connectivity index is 2.11. The van der Waals surface area contributed by atoms with Gasteiger partial charge in [0.05, 0.1) is 7.11 Å². The molecule has 0 N–H and O–H groups in total. The molecule has 1 nitrogen and oxygen atoms in total. The number of aryl methyl sites for hydroxylation is 1. The van der Waals surface area contributed by atoms with Crippen LogP contribution >= 0.6 is 27.5 Å². The molecule has 2 rings (SSSR count). The summed E-state index contributed by atoms with van der Waals surface area (Å²) in [5, 5.41) is 0. The van der Waals surface area contributed by atoms with Crippen LogP contribution in [0.15, 0.2) is 46.9 Å². The van der Waals surface area contributed by atoms with Crippen molar-refractivity contribution < 1.29 is 4.74 Å². The summed E-state index contributed by atoms with van der Waals surface area (Å²) >= 11 is 9.71. The Hall–Kier alpha value is -0.990. The molecule has 0 heterocycles. The molecule has 112 valence electrons. The summed E-state index contributed by atoms with van der Waals surface area (Å²) in [5.41, 5.74) is 3.82. The molecule has 2 aromatic carbocycles. The molecule has 0 aliphatic heterocycles. The predicted octanol–water partition coefficient (Wildman–Crippen LogP) is 5.41. The molecule has 0 spiro atoms. The lowest BCUT2D eigenvalue weighted by atomic mass is 9.93. The van der Waals surface area contributed by atoms with Crippen molar-refractivity contribution in [2.75, 3.05) is 13.0 Å². The van der Waals surface area contributed by atoms with Crippen LogP contribution < -0.4 is 4.74 Å². The van der Waals surface area contributed by atoms with E-state index < -0.39 is 0 Å². The molecule has 21 heavy (non-hydrogen) atoms. The van der Waals surface area contributed by atoms with Gasteiger partial charge >= 0.3 is 0 Å². The molecule has 2 aromatic rings. The van der Waals surface area contributed by atoms with E-state index in [-0.39, 0.29) is 0 Å². The summed E-state index contributed by atoms with van der Waals surface area (Å²) in [4.78, 5) is 0. The first-order valence-electron chi connectivity index (χ1n) is 7.06. The number of ether oxygens (including phenoxy) is 1. The first-order chi connectivity index (χ1) is 10.1. The highest BCUT2D eigenvalue weighted by Crippen LogP contribution is 2.27. The van der Waals surface area contributed by atoms with Gasteiger partial charge in [-0.2, -0.15) is 0 Å². The SMILES string of the molecule is COc1ccc(Br)cc1CC(CCl)Cc1ccc(C)cc1. The average Bonchev–Trinajstić information content (AvgIpc) is 2.49. The normalized spacial score (nSPS) is 12.2. The van der Waals surface area contributed by atoms with Gasteiger partial charge in [-0.15, -0.1) is 11.6 Å². The maximum absolute atomic E-state index is 6.18. The monoisotopic (exact) mass is 366 g/mol. The largest absolute Gasteiger partial charge is 0.496 e. The van der Waals surface area contributed by atoms with Gasteiger partial charge in [-0.25, -0.2) is 0 Å². The Morgan fingerprint density at radius 1 is 1.10 bits per heavy atom. The molecule has 0 amide bonds. The number of rotatable bonds is 6. The minimum atomic E-state index is 0.401. The molecular weight excluding hydrogens is 348 g/mol. The highest BCUT2D eigenvalue weighted by molar-refractivity contribution is 9.10. The maximum Gasteiger partial charge on any atom is 0.122 e. The summed E-state index contributed by atoms with van der Waals surface area (Å²) in [6.45, 7) is 2.11. The second-order valence-corrected chi connectivity index (χ2v) is 6.59. The van der Waals surface area contributed by atoms with E-state index >= 15 is 0 Å². The number of methoxy groups -OCH3 is 1. The fraction of sp³-hybridized carbons (Fsp3) is 0.333. The van der Waals surface area contributed by atoms with Gasteiger partial charge in [0.1, 0.15) is 5.75 Å². The summed E-state index contributed by atoms with van der Waals surface area (Å²) in [6.07, 6.45) is 1.90. The summed E-state index contributed by atoms with van der Waals surface area (Å²) < 4.78 is 6.52. The first-order valence-corrected chi connectivity index (χ1v) is 8.39. The van der Waals surface area contributed by atoms with E-state index in [9.17, 15) is 0 Å². The van der Waals surface area contributed by atoms with E-state index in [0.717, 1.165) is 23.1 Å². The fourth-order valence-corrected chi connectivity index (χ4v) is 3.08. The van der Waals surface area contributed by atoms with Gasteiger partial charge in [0.15, 0.2) is 0 Å². The molecule has 0 saturated carbocycles. The molecule has 0 bridgehead atoms. The van der Waals surface area contributed by atoms with Crippen molar-refractivity contribution in [3.63, 3.8) is 0 Å². The van der Waals surface area contributed by atoms with Crippen molar-refractivity contribution in [1.82, 2.24) is 0 Å². The smallest absolute Gasteiger partial charge is 0.122 e. The van der Waals surface area contributed by atoms with E-state index in [1.165, 1.54) is 16.7 Å². The first kappa shape index (κ1) is 16.4. The number of hydrogen-bond acceptors (Lipinski definition) is 1. The zero-order valence-corrected chi connectivity index (χ0v) is 14.7. The lowest BCUT2D eigenvalue weighted by Crippen LogP contribution is -2.11. The molecule has 0 radical (unpaired) electrons. The van der Waals surface area contributed by atoms with E-state index in [4.69, 9.17) is 16.3 Å². The summed E-state index contributed by atoms with van der Waals surface area (Å²) in [5.74, 6) is 1.97. The Labute approximate surface area is 140 Å². The third-order valence-electron chi connectivity index (χ3n) is 3.61. The van der Waals surface area contributed by atoms with Crippen LogP contribution in [-0.4, -0.2) is 13.0 Å². The lowest BCUT2D eigenvalue weighted by Gasteiger charge is -2.16. The second kappa shape index (κ2) is 7.86. The van der Waals surface area contributed by atoms with Gasteiger partial charge in [-0.05, 0) is 55.0 Å². The third-order valence-corrected chi connectivity index (χ3v) is 4.54. The summed E-state index contributed by atoms with van der Waals surface area (Å²) in [7, 11) is 1.71. The number of halogens is 2. The van der Waals surface area contributed by atoms with Crippen molar-refractivity contribution in [3.8, 4) is 5.75 Å². The van der Waals surface area contributed by atoms with E-state index in [0.29, 0.717) is 11.8 Å². The Kier molecular flexibility index (Phi) is 6.13. The van der Waals surface area contributed by atoms with Crippen LogP contribution in [0.2, 0.25) is 0 Å². The van der Waals surface area contributed by atoms with Crippen molar-refractivity contribution in [2.24, 2.45) is 5.92 Å². The fourth-order valence-electron chi connectivity index (χ4n) is 2.46. The molecule has 1 atom stereocenters. The Bertz CT molecular complexity index is 580. The van der Waals surface area contributed by atoms with E-state index in [2.05, 4.69) is 53.2 Å². The van der Waals surface area contributed by atoms with Crippen molar-refractivity contribution in [2.45, 2.75) is 19.8 Å². The van der Waals surface area contributed by atoms with Crippen LogP contribution in [0.4, 0.5) is 0 Å². The van der Waals surface area contributed by atoms with Crippen LogP contribution in [0.5, 0.6) is 5.75 Å². The minimum Gasteiger partial charge on any atom is -0.496 e. The van der Waals surface area contributed by atoms with E-state index in [1.54, 1.807) is 7.11 Å². The molecule has 3 heteroatoms. The van der Waals surface area contributed by atoms with Crippen molar-refractivity contribution in [3.05, 3.63) is 63.6 Å². The number of alkyl halides is 1. The Morgan fingerprint density at radius 3 is 2.43 bits per heavy atom. The molecule has 1 unspecified atom stereocenters. The van der Waals surface area contributed by atoms with Gasteiger partial charge in [0, 0.05) is 10.4 Å². The predicted molar refractivity (Wildman–Crippen MR) is 93.5 cm³/mol. The molecular formula is C18H20BrClO. The van der Waals surface area contributed by atoms with E-state index in [1.807, 2.05) is 12.1 Å². The molecule has 0 fully saturated rings. The third kappa shape index (κ3) is 4.76.